The molecule has 0 aliphatic carbocycles. The van der Waals surface area contributed by atoms with Crippen LogP contribution >= 0.6 is 0 Å². The van der Waals surface area contributed by atoms with Crippen LogP contribution in [0.5, 0.6) is 11.5 Å². The van der Waals surface area contributed by atoms with Gasteiger partial charge in [0.05, 0.1) is 26.9 Å². The molecule has 11 nitrogen and oxygen atoms in total. The average Bonchev–Trinajstić information content (AvgIpc) is 3.49. The summed E-state index contributed by atoms with van der Waals surface area (Å²) in [7, 11) is 3.11. The van der Waals surface area contributed by atoms with Gasteiger partial charge in [0, 0.05) is 18.2 Å². The van der Waals surface area contributed by atoms with Gasteiger partial charge in [0.2, 0.25) is 0 Å². The standard InChI is InChI=1S/C34H34F3N3O8/c1-21-18-40(32(43)39-30(21)41)29-17-27(46-20-38-31(42)34(35,36)37)28(48-29)19-47-33(22-7-5-4-6-8-22,23-9-13-25(44-2)14-10-23)24-11-15-26(45-3)16-12-24/h4-16,18,27-29H,17,19-20H2,1-3H3,(H,38,42)(H,39,41,43)/t27?,28-,29-/m1/s1. The zero-order valence-electron chi connectivity index (χ0n) is 26.3. The fraction of sp³-hybridized carbons (Fsp3) is 0.324. The lowest BCUT2D eigenvalue weighted by Gasteiger charge is -2.37. The largest absolute Gasteiger partial charge is 0.497 e. The van der Waals surface area contributed by atoms with E-state index in [4.69, 9.17) is 23.7 Å². The second-order valence-electron chi connectivity index (χ2n) is 11.0. The highest BCUT2D eigenvalue weighted by Gasteiger charge is 2.44. The van der Waals surface area contributed by atoms with Crippen molar-refractivity contribution in [3.8, 4) is 11.5 Å². The van der Waals surface area contributed by atoms with Crippen LogP contribution in [-0.2, 0) is 24.6 Å². The number of aromatic amines is 1. The number of nitrogens with one attached hydrogen (secondary N) is 2. The van der Waals surface area contributed by atoms with Gasteiger partial charge in [-0.15, -0.1) is 0 Å². The van der Waals surface area contributed by atoms with Crippen LogP contribution in [0.1, 0.15) is 34.9 Å². The topological polar surface area (TPSA) is 130 Å². The van der Waals surface area contributed by atoms with Crippen molar-refractivity contribution in [1.82, 2.24) is 14.9 Å². The maximum absolute atomic E-state index is 12.9. The van der Waals surface area contributed by atoms with Crippen molar-refractivity contribution >= 4 is 5.91 Å². The van der Waals surface area contributed by atoms with Crippen molar-refractivity contribution in [2.24, 2.45) is 0 Å². The summed E-state index contributed by atoms with van der Waals surface area (Å²) in [5.74, 6) is -0.929. The van der Waals surface area contributed by atoms with E-state index in [1.165, 1.54) is 17.7 Å². The molecule has 4 aromatic rings. The van der Waals surface area contributed by atoms with E-state index < -0.39 is 54.1 Å². The van der Waals surface area contributed by atoms with Crippen molar-refractivity contribution in [2.45, 2.75) is 43.6 Å². The van der Waals surface area contributed by atoms with E-state index in [1.807, 2.05) is 54.6 Å². The molecule has 5 rings (SSSR count). The van der Waals surface area contributed by atoms with Gasteiger partial charge >= 0.3 is 17.8 Å². The van der Waals surface area contributed by atoms with Crippen LogP contribution in [-0.4, -0.2) is 61.4 Å². The van der Waals surface area contributed by atoms with Gasteiger partial charge < -0.3 is 29.0 Å². The van der Waals surface area contributed by atoms with Crippen LogP contribution < -0.4 is 26.0 Å². The summed E-state index contributed by atoms with van der Waals surface area (Å²) in [6.07, 6.45) is -6.64. The number of aryl methyl sites for hydroxylation is 1. The van der Waals surface area contributed by atoms with Gasteiger partial charge in [-0.25, -0.2) is 4.79 Å². The number of benzene rings is 3. The van der Waals surface area contributed by atoms with Crippen molar-refractivity contribution in [1.29, 1.82) is 0 Å². The Balaban J connectivity index is 1.54. The molecule has 1 aliphatic rings. The molecule has 254 valence electrons. The third-order valence-corrected chi connectivity index (χ3v) is 8.06. The van der Waals surface area contributed by atoms with Gasteiger partial charge in [-0.3, -0.25) is 19.1 Å². The quantitative estimate of drug-likeness (QED) is 0.170. The first-order chi connectivity index (χ1) is 23.0. The van der Waals surface area contributed by atoms with Crippen LogP contribution in [0.4, 0.5) is 13.2 Å². The lowest BCUT2D eigenvalue weighted by atomic mass is 9.80. The molecule has 0 bridgehead atoms. The third kappa shape index (κ3) is 7.30. The Hall–Kier alpha value is -4.92. The van der Waals surface area contributed by atoms with Gasteiger partial charge in [0.25, 0.3) is 5.56 Å². The number of halogens is 3. The number of alkyl halides is 3. The molecule has 0 spiro atoms. The number of methoxy groups -OCH3 is 2. The van der Waals surface area contributed by atoms with Crippen LogP contribution in [0.15, 0.2) is 94.6 Å². The highest BCUT2D eigenvalue weighted by atomic mass is 19.4. The minimum atomic E-state index is -5.10. The number of hydrogen-bond acceptors (Lipinski definition) is 8. The Morgan fingerprint density at radius 1 is 0.917 bits per heavy atom. The van der Waals surface area contributed by atoms with Crippen molar-refractivity contribution < 1.29 is 41.7 Å². The van der Waals surface area contributed by atoms with Crippen molar-refractivity contribution in [2.75, 3.05) is 27.6 Å². The third-order valence-electron chi connectivity index (χ3n) is 8.06. The van der Waals surface area contributed by atoms with Crippen molar-refractivity contribution in [3.05, 3.63) is 128 Å². The number of aromatic nitrogens is 2. The molecule has 0 radical (unpaired) electrons. The van der Waals surface area contributed by atoms with Gasteiger partial charge in [0.15, 0.2) is 0 Å². The molecule has 1 saturated heterocycles. The normalized spacial score (nSPS) is 18.0. The van der Waals surface area contributed by atoms with Gasteiger partial charge in [0.1, 0.15) is 36.2 Å². The van der Waals surface area contributed by atoms with E-state index in [-0.39, 0.29) is 18.6 Å². The molecule has 14 heteroatoms. The predicted molar refractivity (Wildman–Crippen MR) is 167 cm³/mol. The number of ether oxygens (including phenoxy) is 5. The number of carbonyl (C=O) groups excluding carboxylic acids is 1. The lowest BCUT2D eigenvalue weighted by molar-refractivity contribution is -0.176. The number of hydrogen-bond donors (Lipinski definition) is 2. The molecule has 3 aromatic carbocycles. The van der Waals surface area contributed by atoms with Gasteiger partial charge in [-0.05, 0) is 47.9 Å². The number of rotatable bonds is 12. The van der Waals surface area contributed by atoms with Gasteiger partial charge in [-0.1, -0.05) is 54.6 Å². The Morgan fingerprint density at radius 2 is 1.48 bits per heavy atom. The average molecular weight is 670 g/mol. The molecule has 1 amide bonds. The first-order valence-electron chi connectivity index (χ1n) is 14.9. The molecule has 48 heavy (non-hydrogen) atoms. The van der Waals surface area contributed by atoms with E-state index in [2.05, 4.69) is 4.98 Å². The highest BCUT2D eigenvalue weighted by molar-refractivity contribution is 5.81. The minimum absolute atomic E-state index is 0.00921. The molecular formula is C34H34F3N3O8. The summed E-state index contributed by atoms with van der Waals surface area (Å²) in [4.78, 5) is 38.4. The summed E-state index contributed by atoms with van der Waals surface area (Å²) in [6, 6.07) is 24.0. The number of amides is 1. The van der Waals surface area contributed by atoms with Crippen LogP contribution in [0.3, 0.4) is 0 Å². The molecular weight excluding hydrogens is 635 g/mol. The van der Waals surface area contributed by atoms with Crippen LogP contribution in [0, 0.1) is 6.92 Å². The Bertz CT molecular complexity index is 1760. The Morgan fingerprint density at radius 3 is 2.02 bits per heavy atom. The summed E-state index contributed by atoms with van der Waals surface area (Å²) >= 11 is 0. The van der Waals surface area contributed by atoms with E-state index in [1.54, 1.807) is 43.8 Å². The summed E-state index contributed by atoms with van der Waals surface area (Å²) in [5, 5.41) is 1.70. The summed E-state index contributed by atoms with van der Waals surface area (Å²) in [5.41, 5.74) is -0.137. The first kappa shape index (κ1) is 34.4. The van der Waals surface area contributed by atoms with Crippen molar-refractivity contribution in [3.63, 3.8) is 0 Å². The number of carbonyl (C=O) groups is 1. The van der Waals surface area contributed by atoms with E-state index >= 15 is 0 Å². The lowest BCUT2D eigenvalue weighted by Crippen LogP contribution is -2.41. The molecule has 1 unspecified atom stereocenters. The smallest absolute Gasteiger partial charge is 0.471 e. The number of H-pyrrole nitrogens is 1. The molecule has 1 fully saturated rings. The van der Waals surface area contributed by atoms with E-state index in [0.717, 1.165) is 16.7 Å². The van der Waals surface area contributed by atoms with Crippen LogP contribution in [0.2, 0.25) is 0 Å². The second kappa shape index (κ2) is 14.5. The van der Waals surface area contributed by atoms with E-state index in [0.29, 0.717) is 11.5 Å². The molecule has 3 atom stereocenters. The van der Waals surface area contributed by atoms with E-state index in [9.17, 15) is 27.6 Å². The Kier molecular flexibility index (Phi) is 10.4. The zero-order chi connectivity index (χ0) is 34.5. The van der Waals surface area contributed by atoms with Crippen LogP contribution in [0.25, 0.3) is 0 Å². The molecule has 2 heterocycles. The molecule has 1 aliphatic heterocycles. The fourth-order valence-electron chi connectivity index (χ4n) is 5.59. The SMILES string of the molecule is COc1ccc(C(OC[C@H]2O[C@@H](n3cc(C)c(=O)[nH]c3=O)CC2OCNC(=O)C(F)(F)F)(c2ccccc2)c2ccc(OC)cc2)cc1. The fourth-order valence-corrected chi connectivity index (χ4v) is 5.59. The molecule has 2 N–H and O–H groups in total. The highest BCUT2D eigenvalue weighted by Crippen LogP contribution is 2.43. The van der Waals surface area contributed by atoms with Gasteiger partial charge in [-0.2, -0.15) is 13.2 Å². The second-order valence-corrected chi connectivity index (χ2v) is 11.0. The number of nitrogens with zero attached hydrogens (tertiary/aromatic N) is 1. The summed E-state index contributed by atoms with van der Waals surface area (Å²) in [6.45, 7) is 0.553. The monoisotopic (exact) mass is 669 g/mol. The minimum Gasteiger partial charge on any atom is -0.497 e. The Labute approximate surface area is 273 Å². The zero-order valence-corrected chi connectivity index (χ0v) is 26.3. The maximum atomic E-state index is 12.9. The first-order valence-corrected chi connectivity index (χ1v) is 14.9. The molecule has 0 saturated carbocycles. The maximum Gasteiger partial charge on any atom is 0.471 e. The summed E-state index contributed by atoms with van der Waals surface area (Å²) < 4.78 is 69.4. The molecule has 1 aromatic heterocycles. The predicted octanol–water partition coefficient (Wildman–Crippen LogP) is 4.18.